The monoisotopic (exact) mass is 761 g/mol. The Balaban J connectivity index is 1.18. The highest BCUT2D eigenvalue weighted by Gasteiger charge is 2.47. The van der Waals surface area contributed by atoms with Gasteiger partial charge in [-0.2, -0.15) is 0 Å². The van der Waals surface area contributed by atoms with Crippen LogP contribution in [0.15, 0.2) is 188 Å². The first-order valence-corrected chi connectivity index (χ1v) is 20.8. The lowest BCUT2D eigenvalue weighted by Crippen LogP contribution is -2.28. The third kappa shape index (κ3) is 4.73. The largest absolute Gasteiger partial charge is 0.208 e. The van der Waals surface area contributed by atoms with Gasteiger partial charge < -0.3 is 0 Å². The average molecular weight is 762 g/mol. The molecule has 0 N–H and O–H groups in total. The quantitative estimate of drug-likeness (QED) is 0.175. The molecule has 0 saturated heterocycles. The molecule has 11 aromatic rings. The van der Waals surface area contributed by atoms with Crippen LogP contribution >= 0.6 is 22.7 Å². The molecule has 5 heteroatoms. The highest BCUT2D eigenvalue weighted by atomic mass is 32.1. The molecular formula is C52H31N3S2. The van der Waals surface area contributed by atoms with E-state index in [0.717, 1.165) is 22.3 Å². The smallest absolute Gasteiger partial charge is 0.165 e. The van der Waals surface area contributed by atoms with Crippen molar-refractivity contribution in [1.29, 1.82) is 0 Å². The zero-order valence-corrected chi connectivity index (χ0v) is 32.2. The van der Waals surface area contributed by atoms with Gasteiger partial charge in [0.05, 0.1) is 5.41 Å². The van der Waals surface area contributed by atoms with Crippen molar-refractivity contribution < 1.29 is 0 Å². The van der Waals surface area contributed by atoms with Crippen molar-refractivity contribution in [1.82, 2.24) is 15.0 Å². The highest BCUT2D eigenvalue weighted by molar-refractivity contribution is 7.26. The molecule has 0 amide bonds. The Morgan fingerprint density at radius 2 is 0.825 bits per heavy atom. The van der Waals surface area contributed by atoms with Crippen LogP contribution in [0.5, 0.6) is 0 Å². The molecule has 57 heavy (non-hydrogen) atoms. The molecular weight excluding hydrogens is 731 g/mol. The molecule has 0 radical (unpaired) electrons. The van der Waals surface area contributed by atoms with E-state index in [9.17, 15) is 0 Å². The molecule has 0 aliphatic heterocycles. The van der Waals surface area contributed by atoms with Crippen LogP contribution in [0.3, 0.4) is 0 Å². The minimum absolute atomic E-state index is 0.535. The number of fused-ring (bicyclic) bond motifs is 9. The van der Waals surface area contributed by atoms with E-state index in [4.69, 9.17) is 15.0 Å². The van der Waals surface area contributed by atoms with E-state index in [2.05, 4.69) is 188 Å². The van der Waals surface area contributed by atoms with E-state index in [0.29, 0.717) is 17.5 Å². The minimum atomic E-state index is -0.535. The second-order valence-electron chi connectivity index (χ2n) is 14.6. The first kappa shape index (κ1) is 32.5. The Hall–Kier alpha value is -6.79. The molecule has 0 spiro atoms. The van der Waals surface area contributed by atoms with Gasteiger partial charge in [-0.15, -0.1) is 22.7 Å². The summed E-state index contributed by atoms with van der Waals surface area (Å²) in [5.41, 5.74) is 9.75. The second-order valence-corrected chi connectivity index (χ2v) is 16.8. The molecule has 0 bridgehead atoms. The van der Waals surface area contributed by atoms with E-state index in [1.54, 1.807) is 11.3 Å². The van der Waals surface area contributed by atoms with Gasteiger partial charge in [0.15, 0.2) is 17.5 Å². The summed E-state index contributed by atoms with van der Waals surface area (Å²) in [5.74, 6) is 2.00. The Bertz CT molecular complexity index is 3320. The van der Waals surface area contributed by atoms with Crippen molar-refractivity contribution in [2.75, 3.05) is 0 Å². The number of benzene rings is 8. The van der Waals surface area contributed by atoms with Gasteiger partial charge in [-0.3, -0.25) is 0 Å². The summed E-state index contributed by atoms with van der Waals surface area (Å²) in [7, 11) is 0. The Morgan fingerprint density at radius 1 is 0.333 bits per heavy atom. The molecule has 12 rings (SSSR count). The Kier molecular flexibility index (Phi) is 7.18. The highest BCUT2D eigenvalue weighted by Crippen LogP contribution is 2.58. The van der Waals surface area contributed by atoms with Crippen LogP contribution in [-0.2, 0) is 5.41 Å². The average Bonchev–Trinajstić information content (AvgIpc) is 3.95. The number of rotatable bonds is 5. The van der Waals surface area contributed by atoms with Gasteiger partial charge in [-0.25, -0.2) is 15.0 Å². The van der Waals surface area contributed by atoms with Crippen molar-refractivity contribution in [2.24, 2.45) is 0 Å². The van der Waals surface area contributed by atoms with Crippen molar-refractivity contribution in [3.63, 3.8) is 0 Å². The van der Waals surface area contributed by atoms with E-state index < -0.39 is 5.41 Å². The maximum atomic E-state index is 5.49. The van der Waals surface area contributed by atoms with Gasteiger partial charge in [-0.05, 0) is 57.6 Å². The molecule has 3 heterocycles. The SMILES string of the molecule is c1ccc(C2(c3ccccc3)c3ccccc3-c3c(-c4nc(-c5cccc6c5sc5ccccc56)nc(-c5cccc6sc7ccccc7c56)n4)cccc32)cc1. The Labute approximate surface area is 337 Å². The molecule has 1 aliphatic carbocycles. The number of nitrogens with zero attached hydrogens (tertiary/aromatic N) is 3. The molecule has 0 unspecified atom stereocenters. The van der Waals surface area contributed by atoms with Gasteiger partial charge in [0, 0.05) is 57.0 Å². The fourth-order valence-electron chi connectivity index (χ4n) is 9.30. The van der Waals surface area contributed by atoms with E-state index in [1.165, 1.54) is 68.2 Å². The maximum Gasteiger partial charge on any atom is 0.165 e. The fraction of sp³-hybridized carbons (Fsp3) is 0.0192. The van der Waals surface area contributed by atoms with Crippen molar-refractivity contribution >= 4 is 63.0 Å². The number of hydrogen-bond acceptors (Lipinski definition) is 5. The van der Waals surface area contributed by atoms with Crippen LogP contribution in [0.2, 0.25) is 0 Å². The normalized spacial score (nSPS) is 13.1. The standard InChI is InChI=1S/C52H31N3S2/c1-3-16-32(17-4-1)52(33-18-5-2-6-19-33)41-27-10-7-21-36(41)46-38(24-14-28-42(46)52)49-53-50(39-25-15-31-45-47(39)37-22-9-12-30-44(37)56-45)55-51(54-49)40-26-13-23-35-34-20-8-11-29-43(34)57-48(35)40/h1-31H. The zero-order chi connectivity index (χ0) is 37.5. The summed E-state index contributed by atoms with van der Waals surface area (Å²) >= 11 is 3.61. The molecule has 0 atom stereocenters. The lowest BCUT2D eigenvalue weighted by molar-refractivity contribution is 0.768. The summed E-state index contributed by atoms with van der Waals surface area (Å²) in [6.45, 7) is 0. The van der Waals surface area contributed by atoms with Crippen LogP contribution in [-0.4, -0.2) is 15.0 Å². The third-order valence-corrected chi connectivity index (χ3v) is 14.0. The van der Waals surface area contributed by atoms with Crippen LogP contribution in [0.4, 0.5) is 0 Å². The van der Waals surface area contributed by atoms with Crippen LogP contribution in [0.25, 0.3) is 85.6 Å². The molecule has 0 fully saturated rings. The van der Waals surface area contributed by atoms with E-state index >= 15 is 0 Å². The topological polar surface area (TPSA) is 38.7 Å². The number of aromatic nitrogens is 3. The molecule has 1 aliphatic rings. The van der Waals surface area contributed by atoms with Crippen LogP contribution in [0, 0.1) is 0 Å². The molecule has 266 valence electrons. The minimum Gasteiger partial charge on any atom is -0.208 e. The first-order chi connectivity index (χ1) is 28.3. The molecule has 8 aromatic carbocycles. The maximum absolute atomic E-state index is 5.49. The zero-order valence-electron chi connectivity index (χ0n) is 30.6. The summed E-state index contributed by atoms with van der Waals surface area (Å²) in [6, 6.07) is 67.8. The van der Waals surface area contributed by atoms with Gasteiger partial charge in [0.2, 0.25) is 0 Å². The van der Waals surface area contributed by atoms with Crippen molar-refractivity contribution in [2.45, 2.75) is 5.41 Å². The second kappa shape index (κ2) is 12.6. The van der Waals surface area contributed by atoms with Gasteiger partial charge >= 0.3 is 0 Å². The van der Waals surface area contributed by atoms with Gasteiger partial charge in [0.1, 0.15) is 0 Å². The summed E-state index contributed by atoms with van der Waals surface area (Å²) in [4.78, 5) is 16.4. The van der Waals surface area contributed by atoms with Gasteiger partial charge in [-0.1, -0.05) is 164 Å². The summed E-state index contributed by atoms with van der Waals surface area (Å²) in [6.07, 6.45) is 0. The lowest BCUT2D eigenvalue weighted by atomic mass is 9.67. The number of thiophene rings is 2. The molecule has 3 nitrogen and oxygen atoms in total. The van der Waals surface area contributed by atoms with Crippen LogP contribution < -0.4 is 0 Å². The lowest BCUT2D eigenvalue weighted by Gasteiger charge is -2.33. The van der Waals surface area contributed by atoms with Crippen LogP contribution in [0.1, 0.15) is 22.3 Å². The fourth-order valence-corrected chi connectivity index (χ4v) is 11.6. The molecule has 0 saturated carbocycles. The number of hydrogen-bond donors (Lipinski definition) is 0. The van der Waals surface area contributed by atoms with E-state index in [-0.39, 0.29) is 0 Å². The summed E-state index contributed by atoms with van der Waals surface area (Å²) < 4.78 is 4.89. The first-order valence-electron chi connectivity index (χ1n) is 19.2. The van der Waals surface area contributed by atoms with E-state index in [1.807, 2.05) is 11.3 Å². The van der Waals surface area contributed by atoms with Crippen molar-refractivity contribution in [3.8, 4) is 45.3 Å². The predicted octanol–water partition coefficient (Wildman–Crippen LogP) is 14.0. The summed E-state index contributed by atoms with van der Waals surface area (Å²) in [5, 5.41) is 4.86. The van der Waals surface area contributed by atoms with Gasteiger partial charge in [0.25, 0.3) is 0 Å². The third-order valence-electron chi connectivity index (χ3n) is 11.6. The predicted molar refractivity (Wildman–Crippen MR) is 239 cm³/mol. The molecule has 3 aromatic heterocycles. The van der Waals surface area contributed by atoms with Crippen molar-refractivity contribution in [3.05, 3.63) is 210 Å². The Morgan fingerprint density at radius 3 is 1.60 bits per heavy atom.